The zero-order chi connectivity index (χ0) is 22.2. The number of methoxy groups -OCH3 is 1. The molecule has 4 aromatic rings. The van der Waals surface area contributed by atoms with Crippen LogP contribution in [0.3, 0.4) is 0 Å². The second-order valence-electron chi connectivity index (χ2n) is 8.59. The maximum absolute atomic E-state index is 13.0. The zero-order valence-electron chi connectivity index (χ0n) is 18.7. The molecular formula is C27H27N3O2. The number of aromatic nitrogens is 2. The zero-order valence-corrected chi connectivity index (χ0v) is 18.7. The third-order valence-corrected chi connectivity index (χ3v) is 6.32. The Morgan fingerprint density at radius 2 is 1.81 bits per heavy atom. The van der Waals surface area contributed by atoms with Gasteiger partial charge in [0.05, 0.1) is 18.1 Å². The molecule has 1 atom stereocenters. The van der Waals surface area contributed by atoms with Crippen LogP contribution in [0.15, 0.2) is 66.7 Å². The smallest absolute Gasteiger partial charge is 0.227 e. The van der Waals surface area contributed by atoms with Gasteiger partial charge in [0, 0.05) is 31.1 Å². The van der Waals surface area contributed by atoms with Gasteiger partial charge in [-0.05, 0) is 55.3 Å². The summed E-state index contributed by atoms with van der Waals surface area (Å²) in [5.41, 5.74) is 6.57. The number of benzene rings is 3. The maximum atomic E-state index is 13.0. The Morgan fingerprint density at radius 1 is 1.03 bits per heavy atom. The molecule has 3 aromatic carbocycles. The van der Waals surface area contributed by atoms with Crippen LogP contribution in [0, 0.1) is 13.8 Å². The normalized spacial score (nSPS) is 16.2. The van der Waals surface area contributed by atoms with Crippen molar-refractivity contribution in [3.8, 4) is 5.75 Å². The van der Waals surface area contributed by atoms with E-state index in [1.165, 1.54) is 11.1 Å². The highest BCUT2D eigenvalue weighted by Gasteiger charge is 2.35. The molecule has 162 valence electrons. The largest absolute Gasteiger partial charge is 0.497 e. The van der Waals surface area contributed by atoms with E-state index in [1.54, 1.807) is 7.11 Å². The van der Waals surface area contributed by atoms with E-state index < -0.39 is 0 Å². The molecule has 0 spiro atoms. The van der Waals surface area contributed by atoms with Crippen LogP contribution < -0.4 is 9.64 Å². The molecule has 0 saturated carbocycles. The molecule has 1 aliphatic rings. The Morgan fingerprint density at radius 3 is 2.56 bits per heavy atom. The lowest BCUT2D eigenvalue weighted by Gasteiger charge is -2.20. The summed E-state index contributed by atoms with van der Waals surface area (Å²) in [6.45, 7) is 5.50. The first-order chi connectivity index (χ1) is 15.5. The third kappa shape index (κ3) is 3.64. The summed E-state index contributed by atoms with van der Waals surface area (Å²) in [4.78, 5) is 19.9. The molecule has 1 fully saturated rings. The third-order valence-electron chi connectivity index (χ3n) is 6.32. The van der Waals surface area contributed by atoms with Crippen LogP contribution >= 0.6 is 0 Å². The number of imidazole rings is 1. The van der Waals surface area contributed by atoms with E-state index in [0.29, 0.717) is 19.5 Å². The highest BCUT2D eigenvalue weighted by atomic mass is 16.5. The monoisotopic (exact) mass is 425 g/mol. The fourth-order valence-corrected chi connectivity index (χ4v) is 4.71. The summed E-state index contributed by atoms with van der Waals surface area (Å²) in [7, 11) is 1.68. The first-order valence-corrected chi connectivity index (χ1v) is 11.0. The van der Waals surface area contributed by atoms with Crippen LogP contribution in [0.4, 0.5) is 5.69 Å². The SMILES string of the molecule is COc1ccc(Cn2c(C3CC(=O)N(c4ccc(C)cc4C)C3)nc3ccccc32)cc1. The van der Waals surface area contributed by atoms with Crippen molar-refractivity contribution in [2.75, 3.05) is 18.6 Å². The van der Waals surface area contributed by atoms with Crippen LogP contribution in [0.2, 0.25) is 0 Å². The minimum Gasteiger partial charge on any atom is -0.497 e. The predicted molar refractivity (Wildman–Crippen MR) is 127 cm³/mol. The van der Waals surface area contributed by atoms with Gasteiger partial charge in [-0.2, -0.15) is 0 Å². The van der Waals surface area contributed by atoms with Gasteiger partial charge in [0.15, 0.2) is 0 Å². The lowest BCUT2D eigenvalue weighted by Crippen LogP contribution is -2.25. The summed E-state index contributed by atoms with van der Waals surface area (Å²) in [6.07, 6.45) is 0.471. The molecule has 1 aliphatic heterocycles. The van der Waals surface area contributed by atoms with E-state index >= 15 is 0 Å². The van der Waals surface area contributed by atoms with Gasteiger partial charge in [0.1, 0.15) is 11.6 Å². The summed E-state index contributed by atoms with van der Waals surface area (Å²) in [5, 5.41) is 0. The number of amides is 1. The molecule has 0 aliphatic carbocycles. The van der Waals surface area contributed by atoms with Crippen molar-refractivity contribution in [1.82, 2.24) is 9.55 Å². The van der Waals surface area contributed by atoms with E-state index in [0.717, 1.165) is 33.9 Å². The van der Waals surface area contributed by atoms with Gasteiger partial charge in [-0.1, -0.05) is 42.0 Å². The molecule has 1 amide bonds. The minimum atomic E-state index is 0.0499. The number of anilines is 1. The number of fused-ring (bicyclic) bond motifs is 1. The molecular weight excluding hydrogens is 398 g/mol. The van der Waals surface area contributed by atoms with Crippen molar-refractivity contribution in [2.45, 2.75) is 32.7 Å². The molecule has 2 heterocycles. The Kier molecular flexibility index (Phi) is 5.17. The predicted octanol–water partition coefficient (Wildman–Crippen LogP) is 5.23. The number of carbonyl (C=O) groups is 1. The highest BCUT2D eigenvalue weighted by Crippen LogP contribution is 2.35. The van der Waals surface area contributed by atoms with Crippen molar-refractivity contribution >= 4 is 22.6 Å². The van der Waals surface area contributed by atoms with E-state index in [1.807, 2.05) is 35.2 Å². The minimum absolute atomic E-state index is 0.0499. The summed E-state index contributed by atoms with van der Waals surface area (Å²) in [5.74, 6) is 2.02. The van der Waals surface area contributed by atoms with Gasteiger partial charge < -0.3 is 14.2 Å². The highest BCUT2D eigenvalue weighted by molar-refractivity contribution is 5.97. The molecule has 1 unspecified atom stereocenters. The van der Waals surface area contributed by atoms with E-state index in [-0.39, 0.29) is 11.8 Å². The first kappa shape index (κ1) is 20.3. The number of carbonyl (C=O) groups excluding carboxylic acids is 1. The lowest BCUT2D eigenvalue weighted by atomic mass is 10.1. The van der Waals surface area contributed by atoms with E-state index in [9.17, 15) is 4.79 Å². The van der Waals surface area contributed by atoms with Crippen molar-refractivity contribution in [3.05, 3.63) is 89.2 Å². The van der Waals surface area contributed by atoms with Crippen LogP contribution in [-0.4, -0.2) is 29.1 Å². The molecule has 0 N–H and O–H groups in total. The van der Waals surface area contributed by atoms with Gasteiger partial charge in [-0.3, -0.25) is 4.79 Å². The summed E-state index contributed by atoms with van der Waals surface area (Å²) < 4.78 is 7.56. The van der Waals surface area contributed by atoms with Crippen LogP contribution in [-0.2, 0) is 11.3 Å². The van der Waals surface area contributed by atoms with Crippen LogP contribution in [0.1, 0.15) is 34.9 Å². The van der Waals surface area contributed by atoms with Gasteiger partial charge in [0.25, 0.3) is 0 Å². The fourth-order valence-electron chi connectivity index (χ4n) is 4.71. The summed E-state index contributed by atoms with van der Waals surface area (Å²) >= 11 is 0. The molecule has 0 bridgehead atoms. The van der Waals surface area contributed by atoms with Gasteiger partial charge >= 0.3 is 0 Å². The quantitative estimate of drug-likeness (QED) is 0.440. The molecule has 5 heteroatoms. The van der Waals surface area contributed by atoms with Crippen molar-refractivity contribution in [2.24, 2.45) is 0 Å². The topological polar surface area (TPSA) is 47.4 Å². The number of para-hydroxylation sites is 2. The molecule has 1 aromatic heterocycles. The summed E-state index contributed by atoms with van der Waals surface area (Å²) in [6, 6.07) is 22.6. The number of ether oxygens (including phenoxy) is 1. The Hall–Kier alpha value is -3.60. The van der Waals surface area contributed by atoms with Gasteiger partial charge in [-0.25, -0.2) is 4.98 Å². The maximum Gasteiger partial charge on any atom is 0.227 e. The molecule has 32 heavy (non-hydrogen) atoms. The average molecular weight is 426 g/mol. The van der Waals surface area contributed by atoms with Crippen LogP contribution in [0.25, 0.3) is 11.0 Å². The number of rotatable bonds is 5. The van der Waals surface area contributed by atoms with E-state index in [2.05, 4.69) is 54.8 Å². The molecule has 5 rings (SSSR count). The average Bonchev–Trinajstić information content (AvgIpc) is 3.35. The van der Waals surface area contributed by atoms with Crippen molar-refractivity contribution in [3.63, 3.8) is 0 Å². The molecule has 1 saturated heterocycles. The second-order valence-corrected chi connectivity index (χ2v) is 8.59. The van der Waals surface area contributed by atoms with E-state index in [4.69, 9.17) is 9.72 Å². The molecule has 5 nitrogen and oxygen atoms in total. The number of hydrogen-bond donors (Lipinski definition) is 0. The first-order valence-electron chi connectivity index (χ1n) is 11.0. The van der Waals surface area contributed by atoms with Crippen molar-refractivity contribution in [1.29, 1.82) is 0 Å². The number of nitrogens with zero attached hydrogens (tertiary/aromatic N) is 3. The standard InChI is InChI=1S/C27H27N3O2/c1-18-8-13-24(19(2)14-18)29-17-21(15-26(29)31)27-28-23-6-4-5-7-25(23)30(27)16-20-9-11-22(32-3)12-10-20/h4-14,21H,15-17H2,1-3H3. The Labute approximate surface area is 188 Å². The second kappa shape index (κ2) is 8.15. The van der Waals surface area contributed by atoms with Gasteiger partial charge in [-0.15, -0.1) is 0 Å². The van der Waals surface area contributed by atoms with Crippen molar-refractivity contribution < 1.29 is 9.53 Å². The number of aryl methyl sites for hydroxylation is 2. The lowest BCUT2D eigenvalue weighted by molar-refractivity contribution is -0.117. The Bertz CT molecular complexity index is 1290. The van der Waals surface area contributed by atoms with Gasteiger partial charge in [0.2, 0.25) is 5.91 Å². The Balaban J connectivity index is 1.51. The number of hydrogen-bond acceptors (Lipinski definition) is 3. The fraction of sp³-hybridized carbons (Fsp3) is 0.259. The molecule has 0 radical (unpaired) electrons. The van der Waals surface area contributed by atoms with Crippen LogP contribution in [0.5, 0.6) is 5.75 Å².